The van der Waals surface area contributed by atoms with Gasteiger partial charge in [-0.1, -0.05) is 27.7 Å². The zero-order valence-corrected chi connectivity index (χ0v) is 19.7. The van der Waals surface area contributed by atoms with Crippen LogP contribution in [0.3, 0.4) is 0 Å². The van der Waals surface area contributed by atoms with Gasteiger partial charge in [-0.05, 0) is 43.9 Å². The number of benzene rings is 1. The number of amides is 1. The summed E-state index contributed by atoms with van der Waals surface area (Å²) in [4.78, 5) is 13.1. The first-order valence-electron chi connectivity index (χ1n) is 9.76. The predicted octanol–water partition coefficient (Wildman–Crippen LogP) is 4.77. The molecule has 1 aliphatic rings. The van der Waals surface area contributed by atoms with Crippen LogP contribution >= 0.6 is 11.8 Å². The van der Waals surface area contributed by atoms with Gasteiger partial charge in [0, 0.05) is 29.3 Å². The molecule has 1 heterocycles. The maximum absolute atomic E-state index is 13.3. The van der Waals surface area contributed by atoms with Gasteiger partial charge in [0.05, 0.1) is 10.6 Å². The minimum Gasteiger partial charge on any atom is -0.302 e. The van der Waals surface area contributed by atoms with Gasteiger partial charge in [-0.15, -0.1) is 11.8 Å². The van der Waals surface area contributed by atoms with Crippen LogP contribution in [0.5, 0.6) is 0 Å². The highest BCUT2D eigenvalue weighted by atomic mass is 32.2. The number of carbonyl (C=O) groups is 1. The van der Waals surface area contributed by atoms with Crippen molar-refractivity contribution >= 4 is 33.4 Å². The van der Waals surface area contributed by atoms with Crippen molar-refractivity contribution in [2.75, 3.05) is 24.5 Å². The summed E-state index contributed by atoms with van der Waals surface area (Å²) in [5.41, 5.74) is -0.0169. The van der Waals surface area contributed by atoms with Gasteiger partial charge in [0.15, 0.2) is 0 Å². The summed E-state index contributed by atoms with van der Waals surface area (Å²) >= 11 is 1.33. The van der Waals surface area contributed by atoms with E-state index in [-0.39, 0.29) is 29.0 Å². The quantitative estimate of drug-likeness (QED) is 0.606. The topological polar surface area (TPSA) is 57.7 Å². The van der Waals surface area contributed by atoms with Gasteiger partial charge in [-0.2, -0.15) is 17.5 Å². The summed E-state index contributed by atoms with van der Waals surface area (Å²) in [5.74, 6) is -1.83. The van der Waals surface area contributed by atoms with Gasteiger partial charge in [0.25, 0.3) is 0 Å². The Morgan fingerprint density at radius 2 is 1.70 bits per heavy atom. The molecule has 1 aromatic carbocycles. The summed E-state index contributed by atoms with van der Waals surface area (Å²) in [7, 11) is -3.93. The fourth-order valence-electron chi connectivity index (χ4n) is 3.32. The number of hydrogen-bond acceptors (Lipinski definition) is 4. The van der Waals surface area contributed by atoms with Crippen LogP contribution in [0.2, 0.25) is 0 Å². The average molecular weight is 467 g/mol. The number of nitrogens with zero attached hydrogens (tertiary/aromatic N) is 2. The molecule has 0 fully saturated rings. The van der Waals surface area contributed by atoms with Crippen molar-refractivity contribution in [1.29, 1.82) is 0 Å². The number of rotatable bonds is 6. The molecule has 0 unspecified atom stereocenters. The molecule has 10 heteroatoms. The molecular weight excluding hydrogens is 437 g/mol. The Labute approximate surface area is 181 Å². The van der Waals surface area contributed by atoms with Crippen LogP contribution < -0.4 is 4.90 Å². The maximum atomic E-state index is 13.3. The Bertz CT molecular complexity index is 887. The van der Waals surface area contributed by atoms with Gasteiger partial charge in [-0.25, -0.2) is 8.42 Å². The van der Waals surface area contributed by atoms with E-state index in [2.05, 4.69) is 0 Å². The van der Waals surface area contributed by atoms with Crippen molar-refractivity contribution in [3.63, 3.8) is 0 Å². The smallest absolute Gasteiger partial charge is 0.302 e. The Kier molecular flexibility index (Phi) is 7.25. The molecule has 0 spiro atoms. The molecule has 2 rings (SSSR count). The van der Waals surface area contributed by atoms with Crippen LogP contribution in [-0.4, -0.2) is 49.2 Å². The van der Waals surface area contributed by atoms with Gasteiger partial charge in [0.2, 0.25) is 10.0 Å². The first-order valence-corrected chi connectivity index (χ1v) is 12.0. The molecule has 0 radical (unpaired) electrons. The Morgan fingerprint density at radius 3 is 2.17 bits per heavy atom. The largest absolute Gasteiger partial charge is 0.471 e. The van der Waals surface area contributed by atoms with Crippen LogP contribution in [-0.2, 0) is 14.8 Å². The molecule has 0 aliphatic carbocycles. The number of alkyl halides is 3. The molecule has 0 saturated heterocycles. The monoisotopic (exact) mass is 466 g/mol. The molecule has 0 bridgehead atoms. The standard InChI is InChI=1S/C20H29F3N2O3S2/c1-13(2)10-24(11-14(3)4)30(27,28)15-7-8-17-16(9-15)25(12-19(5,6)29-17)18(26)20(21,22)23/h7-9,13-14H,10-12H2,1-6H3. The summed E-state index contributed by atoms with van der Waals surface area (Å²) < 4.78 is 66.9. The lowest BCUT2D eigenvalue weighted by molar-refractivity contribution is -0.170. The molecule has 0 N–H and O–H groups in total. The summed E-state index contributed by atoms with van der Waals surface area (Å²) in [6.45, 7) is 11.5. The second kappa shape index (κ2) is 8.70. The predicted molar refractivity (Wildman–Crippen MR) is 113 cm³/mol. The zero-order valence-electron chi connectivity index (χ0n) is 18.1. The van der Waals surface area contributed by atoms with E-state index in [1.807, 2.05) is 27.7 Å². The first-order chi connectivity index (χ1) is 13.5. The van der Waals surface area contributed by atoms with Gasteiger partial charge in [0.1, 0.15) is 0 Å². The Morgan fingerprint density at radius 1 is 1.17 bits per heavy atom. The normalized spacial score (nSPS) is 17.0. The lowest BCUT2D eigenvalue weighted by Crippen LogP contribution is -2.49. The highest BCUT2D eigenvalue weighted by Crippen LogP contribution is 2.46. The minimum atomic E-state index is -5.05. The van der Waals surface area contributed by atoms with Gasteiger partial charge < -0.3 is 4.90 Å². The number of hydrogen-bond donors (Lipinski definition) is 0. The van der Waals surface area contributed by atoms with Crippen LogP contribution in [0.1, 0.15) is 41.5 Å². The lowest BCUT2D eigenvalue weighted by atomic mass is 10.1. The number of carbonyl (C=O) groups excluding carboxylic acids is 1. The summed E-state index contributed by atoms with van der Waals surface area (Å²) in [6.07, 6.45) is -5.05. The molecule has 170 valence electrons. The number of fused-ring (bicyclic) bond motifs is 1. The third-order valence-corrected chi connectivity index (χ3v) is 7.48. The number of anilines is 1. The lowest BCUT2D eigenvalue weighted by Gasteiger charge is -2.39. The first kappa shape index (κ1) is 25.0. The van der Waals surface area contributed by atoms with Gasteiger partial charge >= 0.3 is 12.1 Å². The SMILES string of the molecule is CC(C)CN(CC(C)C)S(=O)(=O)c1ccc2c(c1)N(C(=O)C(F)(F)F)CC(C)(C)S2. The Hall–Kier alpha value is -1.26. The van der Waals surface area contributed by atoms with E-state index in [0.29, 0.717) is 22.9 Å². The molecular formula is C20H29F3N2O3S2. The number of halogens is 3. The molecule has 1 amide bonds. The fraction of sp³-hybridized carbons (Fsp3) is 0.650. The molecule has 0 atom stereocenters. The highest BCUT2D eigenvalue weighted by molar-refractivity contribution is 8.01. The van der Waals surface area contributed by atoms with E-state index in [4.69, 9.17) is 0 Å². The van der Waals surface area contributed by atoms with Crippen molar-refractivity contribution < 1.29 is 26.4 Å². The van der Waals surface area contributed by atoms with E-state index in [0.717, 1.165) is 0 Å². The second-order valence-corrected chi connectivity index (χ2v) is 12.7. The van der Waals surface area contributed by atoms with Crippen LogP contribution in [0, 0.1) is 11.8 Å². The van der Waals surface area contributed by atoms with E-state index in [1.54, 1.807) is 13.8 Å². The Balaban J connectivity index is 2.56. The third-order valence-electron chi connectivity index (χ3n) is 4.41. The van der Waals surface area contributed by atoms with Crippen LogP contribution in [0.15, 0.2) is 28.0 Å². The maximum Gasteiger partial charge on any atom is 0.471 e. The minimum absolute atomic E-state index is 0.0169. The molecule has 0 saturated carbocycles. The van der Waals surface area contributed by atoms with E-state index in [1.165, 1.54) is 34.3 Å². The van der Waals surface area contributed by atoms with Gasteiger partial charge in [-0.3, -0.25) is 4.79 Å². The highest BCUT2D eigenvalue weighted by Gasteiger charge is 2.47. The molecule has 0 aromatic heterocycles. The third kappa shape index (κ3) is 5.70. The van der Waals surface area contributed by atoms with Crippen LogP contribution in [0.25, 0.3) is 0 Å². The molecule has 1 aliphatic heterocycles. The second-order valence-electron chi connectivity index (χ2n) is 8.99. The number of thioether (sulfide) groups is 1. The van der Waals surface area contributed by atoms with Crippen molar-refractivity contribution in [2.24, 2.45) is 11.8 Å². The van der Waals surface area contributed by atoms with Crippen LogP contribution in [0.4, 0.5) is 18.9 Å². The van der Waals surface area contributed by atoms with Crippen molar-refractivity contribution in [2.45, 2.75) is 62.3 Å². The number of sulfonamides is 1. The summed E-state index contributed by atoms with van der Waals surface area (Å²) in [6, 6.07) is 4.10. The van der Waals surface area contributed by atoms with E-state index < -0.39 is 26.9 Å². The van der Waals surface area contributed by atoms with Crippen molar-refractivity contribution in [3.05, 3.63) is 18.2 Å². The van der Waals surface area contributed by atoms with Crippen molar-refractivity contribution in [3.8, 4) is 0 Å². The molecule has 1 aromatic rings. The van der Waals surface area contributed by atoms with E-state index >= 15 is 0 Å². The fourth-order valence-corrected chi connectivity index (χ4v) is 6.31. The van der Waals surface area contributed by atoms with Crippen molar-refractivity contribution in [1.82, 2.24) is 4.31 Å². The molecule has 30 heavy (non-hydrogen) atoms. The van der Waals surface area contributed by atoms with E-state index in [9.17, 15) is 26.4 Å². The zero-order chi connectivity index (χ0) is 23.1. The average Bonchev–Trinajstić information content (AvgIpc) is 2.57. The molecule has 5 nitrogen and oxygen atoms in total. The summed E-state index contributed by atoms with van der Waals surface area (Å²) in [5, 5.41) is 0.